The summed E-state index contributed by atoms with van der Waals surface area (Å²) in [6.07, 6.45) is -4.03. The van der Waals surface area contributed by atoms with E-state index in [4.69, 9.17) is 4.74 Å². The van der Waals surface area contributed by atoms with Crippen LogP contribution in [0.5, 0.6) is 0 Å². The molecule has 3 aromatic rings. The van der Waals surface area contributed by atoms with Crippen molar-refractivity contribution >= 4 is 17.6 Å². The van der Waals surface area contributed by atoms with Crippen LogP contribution >= 0.6 is 0 Å². The Kier molecular flexibility index (Phi) is 6.33. The topological polar surface area (TPSA) is 86.1 Å². The lowest BCUT2D eigenvalue weighted by Crippen LogP contribution is -2.19. The Morgan fingerprint density at radius 3 is 2.34 bits per heavy atom. The number of nitrogens with zero attached hydrogens (tertiary/aromatic N) is 3. The zero-order chi connectivity index (χ0) is 23.6. The first-order chi connectivity index (χ1) is 15.0. The van der Waals surface area contributed by atoms with E-state index in [2.05, 4.69) is 15.4 Å². The van der Waals surface area contributed by atoms with Crippen LogP contribution < -0.4 is 5.32 Å². The van der Waals surface area contributed by atoms with Gasteiger partial charge in [0, 0.05) is 11.3 Å². The highest BCUT2D eigenvalue weighted by Gasteiger charge is 2.41. The van der Waals surface area contributed by atoms with E-state index in [1.807, 2.05) is 19.9 Å². The zero-order valence-electron chi connectivity index (χ0n) is 17.9. The first-order valence-electron chi connectivity index (χ1n) is 9.72. The number of alkyl halides is 3. The highest BCUT2D eigenvalue weighted by atomic mass is 19.4. The van der Waals surface area contributed by atoms with E-state index in [9.17, 15) is 22.8 Å². The molecule has 7 nitrogen and oxygen atoms in total. The maximum atomic E-state index is 13.6. The number of carbonyl (C=O) groups is 2. The minimum atomic E-state index is -4.85. The minimum absolute atomic E-state index is 0.0359. The maximum absolute atomic E-state index is 13.6. The predicted octanol–water partition coefficient (Wildman–Crippen LogP) is 4.64. The fraction of sp³-hybridized carbons (Fsp3) is 0.273. The molecule has 1 N–H and O–H groups in total. The third-order valence-electron chi connectivity index (χ3n) is 4.67. The van der Waals surface area contributed by atoms with Gasteiger partial charge in [-0.3, -0.25) is 9.78 Å². The number of halogens is 3. The van der Waals surface area contributed by atoms with E-state index in [0.717, 1.165) is 17.5 Å². The molecule has 0 aliphatic rings. The van der Waals surface area contributed by atoms with Crippen LogP contribution in [0.25, 0.3) is 5.69 Å². The van der Waals surface area contributed by atoms with Gasteiger partial charge < -0.3 is 10.1 Å². The summed E-state index contributed by atoms with van der Waals surface area (Å²) >= 11 is 0. The number of benzene rings is 1. The SMILES string of the molecule is CCOC(=O)c1cnn(-c2ccc(C(=O)Nc3c(C)cc(C)nc3C)cc2)c1C(F)(F)F. The standard InChI is InChI=1S/C22H21F3N4O3/c1-5-32-21(31)17-11-26-29(19(17)22(23,24)25)16-8-6-15(7-9-16)20(30)28-18-12(2)10-13(3)27-14(18)4/h6-11H,5H2,1-4H3,(H,28,30). The van der Waals surface area contributed by atoms with Crippen molar-refractivity contribution in [2.24, 2.45) is 0 Å². The molecule has 1 amide bonds. The summed E-state index contributed by atoms with van der Waals surface area (Å²) in [5.41, 5.74) is 1.25. The number of carbonyl (C=O) groups excluding carboxylic acids is 2. The van der Waals surface area contributed by atoms with Gasteiger partial charge in [-0.05, 0) is 63.6 Å². The number of esters is 1. The van der Waals surface area contributed by atoms with Crippen molar-refractivity contribution < 1.29 is 27.5 Å². The second kappa shape index (κ2) is 8.81. The molecule has 0 unspecified atom stereocenters. The number of pyridine rings is 1. The molecule has 0 aliphatic carbocycles. The molecule has 168 valence electrons. The largest absolute Gasteiger partial charge is 0.462 e. The molecule has 0 atom stereocenters. The Hall–Kier alpha value is -3.69. The van der Waals surface area contributed by atoms with Gasteiger partial charge in [0.15, 0.2) is 5.69 Å². The Balaban J connectivity index is 1.91. The van der Waals surface area contributed by atoms with Crippen LogP contribution in [0.3, 0.4) is 0 Å². The highest BCUT2D eigenvalue weighted by Crippen LogP contribution is 2.34. The lowest BCUT2D eigenvalue weighted by Gasteiger charge is -2.14. The lowest BCUT2D eigenvalue weighted by atomic mass is 10.1. The molecule has 3 rings (SSSR count). The van der Waals surface area contributed by atoms with E-state index in [1.165, 1.54) is 31.2 Å². The van der Waals surface area contributed by atoms with Gasteiger partial charge in [0.05, 0.1) is 29.9 Å². The number of nitrogens with one attached hydrogen (secondary N) is 1. The van der Waals surface area contributed by atoms with E-state index in [-0.39, 0.29) is 17.9 Å². The van der Waals surface area contributed by atoms with E-state index >= 15 is 0 Å². The maximum Gasteiger partial charge on any atom is 0.434 e. The first kappa shape index (κ1) is 23.0. The van der Waals surface area contributed by atoms with Gasteiger partial charge >= 0.3 is 12.1 Å². The fourth-order valence-electron chi connectivity index (χ4n) is 3.33. The zero-order valence-corrected chi connectivity index (χ0v) is 17.9. The van der Waals surface area contributed by atoms with Crippen molar-refractivity contribution in [3.63, 3.8) is 0 Å². The molecule has 0 spiro atoms. The van der Waals surface area contributed by atoms with Gasteiger partial charge in [0.25, 0.3) is 5.91 Å². The van der Waals surface area contributed by atoms with Gasteiger partial charge in [-0.25, -0.2) is 9.48 Å². The van der Waals surface area contributed by atoms with Crippen LogP contribution in [-0.4, -0.2) is 33.2 Å². The summed E-state index contributed by atoms with van der Waals surface area (Å²) in [7, 11) is 0. The van der Waals surface area contributed by atoms with Gasteiger partial charge in [-0.1, -0.05) is 0 Å². The summed E-state index contributed by atoms with van der Waals surface area (Å²) in [6, 6.07) is 7.23. The molecule has 2 aromatic heterocycles. The monoisotopic (exact) mass is 446 g/mol. The number of ether oxygens (including phenoxy) is 1. The third kappa shape index (κ3) is 4.63. The van der Waals surface area contributed by atoms with Crippen molar-refractivity contribution in [2.75, 3.05) is 11.9 Å². The summed E-state index contributed by atoms with van der Waals surface area (Å²) < 4.78 is 46.2. The van der Waals surface area contributed by atoms with Crippen LogP contribution in [0.4, 0.5) is 18.9 Å². The average molecular weight is 446 g/mol. The molecular formula is C22H21F3N4O3. The molecule has 10 heteroatoms. The van der Waals surface area contributed by atoms with E-state index in [0.29, 0.717) is 16.1 Å². The number of anilines is 1. The Morgan fingerprint density at radius 2 is 1.78 bits per heavy atom. The number of amides is 1. The number of aryl methyl sites for hydroxylation is 3. The molecule has 0 bridgehead atoms. The minimum Gasteiger partial charge on any atom is -0.462 e. The van der Waals surface area contributed by atoms with Crippen molar-refractivity contribution in [1.29, 1.82) is 0 Å². The van der Waals surface area contributed by atoms with Crippen molar-refractivity contribution in [3.05, 3.63) is 70.3 Å². The molecule has 2 heterocycles. The van der Waals surface area contributed by atoms with Gasteiger partial charge in [-0.2, -0.15) is 18.3 Å². The number of aromatic nitrogens is 3. The Bertz CT molecular complexity index is 1150. The third-order valence-corrected chi connectivity index (χ3v) is 4.67. The second-order valence-electron chi connectivity index (χ2n) is 7.08. The Morgan fingerprint density at radius 1 is 1.12 bits per heavy atom. The van der Waals surface area contributed by atoms with Crippen molar-refractivity contribution in [1.82, 2.24) is 14.8 Å². The second-order valence-corrected chi connectivity index (χ2v) is 7.08. The van der Waals surface area contributed by atoms with Crippen LogP contribution in [-0.2, 0) is 10.9 Å². The first-order valence-corrected chi connectivity index (χ1v) is 9.72. The van der Waals surface area contributed by atoms with Crippen LogP contribution in [0.15, 0.2) is 36.5 Å². The van der Waals surface area contributed by atoms with Gasteiger partial charge in [0.2, 0.25) is 0 Å². The van der Waals surface area contributed by atoms with Crippen molar-refractivity contribution in [2.45, 2.75) is 33.9 Å². The normalized spacial score (nSPS) is 11.3. The molecule has 0 fully saturated rings. The van der Waals surface area contributed by atoms with E-state index in [1.54, 1.807) is 6.92 Å². The van der Waals surface area contributed by atoms with Crippen LogP contribution in [0, 0.1) is 20.8 Å². The van der Waals surface area contributed by atoms with Gasteiger partial charge in [-0.15, -0.1) is 0 Å². The average Bonchev–Trinajstić information content (AvgIpc) is 3.17. The number of hydrogen-bond donors (Lipinski definition) is 1. The van der Waals surface area contributed by atoms with Crippen LogP contribution in [0.1, 0.15) is 50.3 Å². The summed E-state index contributed by atoms with van der Waals surface area (Å²) in [4.78, 5) is 28.9. The molecule has 0 saturated heterocycles. The fourth-order valence-corrected chi connectivity index (χ4v) is 3.33. The molecule has 0 radical (unpaired) electrons. The predicted molar refractivity (Wildman–Crippen MR) is 111 cm³/mol. The highest BCUT2D eigenvalue weighted by molar-refractivity contribution is 6.05. The van der Waals surface area contributed by atoms with E-state index < -0.39 is 29.3 Å². The molecule has 32 heavy (non-hydrogen) atoms. The number of hydrogen-bond acceptors (Lipinski definition) is 5. The molecule has 0 saturated carbocycles. The lowest BCUT2D eigenvalue weighted by molar-refractivity contribution is -0.143. The summed E-state index contributed by atoms with van der Waals surface area (Å²) in [6.45, 7) is 6.89. The van der Waals surface area contributed by atoms with Gasteiger partial charge in [0.1, 0.15) is 5.56 Å². The smallest absolute Gasteiger partial charge is 0.434 e. The summed E-state index contributed by atoms with van der Waals surface area (Å²) in [5.74, 6) is -1.54. The van der Waals surface area contributed by atoms with Crippen LogP contribution in [0.2, 0.25) is 0 Å². The summed E-state index contributed by atoms with van der Waals surface area (Å²) in [5, 5.41) is 6.50. The molecule has 0 aliphatic heterocycles. The number of rotatable bonds is 5. The molecular weight excluding hydrogens is 425 g/mol. The Labute approximate surface area is 182 Å². The molecule has 1 aromatic carbocycles. The van der Waals surface area contributed by atoms with Crippen molar-refractivity contribution in [3.8, 4) is 5.69 Å². The quantitative estimate of drug-likeness (QED) is 0.577.